The summed E-state index contributed by atoms with van der Waals surface area (Å²) < 4.78 is 29.4. The van der Waals surface area contributed by atoms with Crippen molar-refractivity contribution in [3.8, 4) is 12.3 Å². The molecule has 1 amide bonds. The molecule has 0 atom stereocenters. The number of nitrogens with one attached hydrogen (secondary N) is 1. The Morgan fingerprint density at radius 2 is 1.64 bits per heavy atom. The maximum Gasteiger partial charge on any atom is 0.253 e. The normalized spacial score (nSPS) is 13.2. The number of hydrogen-bond donors (Lipinski definition) is 1. The van der Waals surface area contributed by atoms with Crippen molar-refractivity contribution in [1.29, 1.82) is 5.41 Å². The molecular weight excluding hydrogens is 566 g/mol. The van der Waals surface area contributed by atoms with E-state index in [0.29, 0.717) is 37.3 Å². The van der Waals surface area contributed by atoms with Crippen molar-refractivity contribution >= 4 is 22.7 Å². The zero-order chi connectivity index (χ0) is 31.9. The number of benzene rings is 4. The number of amides is 1. The molecule has 4 aromatic carbocycles. The van der Waals surface area contributed by atoms with Crippen molar-refractivity contribution in [3.05, 3.63) is 136 Å². The fraction of sp³-hybridized carbons (Fsp3) is 0.237. The smallest absolute Gasteiger partial charge is 0.253 e. The van der Waals surface area contributed by atoms with Gasteiger partial charge in [-0.05, 0) is 97.5 Å². The number of carbonyl (C=O) groups is 1. The number of rotatable bonds is 7. The third-order valence-electron chi connectivity index (χ3n) is 8.15. The van der Waals surface area contributed by atoms with Crippen LogP contribution in [0, 0.1) is 36.3 Å². The lowest BCUT2D eigenvalue weighted by atomic mass is 9.94. The highest BCUT2D eigenvalue weighted by molar-refractivity contribution is 6.02. The van der Waals surface area contributed by atoms with E-state index in [-0.39, 0.29) is 23.5 Å². The van der Waals surface area contributed by atoms with Crippen LogP contribution >= 0.6 is 0 Å². The van der Waals surface area contributed by atoms with Gasteiger partial charge in [-0.1, -0.05) is 42.5 Å². The van der Waals surface area contributed by atoms with E-state index >= 15 is 0 Å². The van der Waals surface area contributed by atoms with Crippen LogP contribution in [-0.4, -0.2) is 39.2 Å². The molecule has 1 fully saturated rings. The largest absolute Gasteiger partial charge is 0.339 e. The molecule has 0 aliphatic carbocycles. The monoisotopic (exact) mass is 602 g/mol. The lowest BCUT2D eigenvalue weighted by Crippen LogP contribution is -2.38. The van der Waals surface area contributed by atoms with Gasteiger partial charge in [0.15, 0.2) is 0 Å². The van der Waals surface area contributed by atoms with Crippen molar-refractivity contribution in [3.63, 3.8) is 0 Å². The lowest BCUT2D eigenvalue weighted by Gasteiger charge is -2.32. The quantitative estimate of drug-likeness (QED) is 0.152. The first-order valence-electron chi connectivity index (χ1n) is 15.1. The number of aryl methyl sites for hydroxylation is 1. The zero-order valence-electron chi connectivity index (χ0n) is 25.6. The molecular formula is C38H36F2N4O. The standard InChI is InChI=1S/C35H32F2N4O.C3H4/c1-23-19-27(11-14-30(23)31(38)21-24-9-12-28(36)13-10-24)35(42)40-17-15-26(16-18-40)34-39-32-7-2-3-8-33(32)41(34)22-25-5-4-6-29(37)20-25;1-3-2/h2-14,19-20,26,38H,15-18,21-22H2,1H3;1H,2H3. The molecule has 1 aliphatic heterocycles. The Morgan fingerprint density at radius 3 is 2.33 bits per heavy atom. The Bertz CT molecular complexity index is 1860. The van der Waals surface area contributed by atoms with Crippen LogP contribution in [0.2, 0.25) is 0 Å². The van der Waals surface area contributed by atoms with Gasteiger partial charge in [-0.15, -0.1) is 12.3 Å². The molecule has 0 unspecified atom stereocenters. The van der Waals surface area contributed by atoms with Crippen molar-refractivity contribution < 1.29 is 13.6 Å². The average Bonchev–Trinajstić information content (AvgIpc) is 3.40. The summed E-state index contributed by atoms with van der Waals surface area (Å²) >= 11 is 0. The van der Waals surface area contributed by atoms with Crippen LogP contribution in [0.5, 0.6) is 0 Å². The summed E-state index contributed by atoms with van der Waals surface area (Å²) in [6, 6.07) is 26.4. The first-order valence-corrected chi connectivity index (χ1v) is 15.1. The summed E-state index contributed by atoms with van der Waals surface area (Å²) in [4.78, 5) is 20.3. The number of imidazole rings is 1. The van der Waals surface area contributed by atoms with E-state index in [1.165, 1.54) is 18.2 Å². The number of terminal acetylenes is 1. The van der Waals surface area contributed by atoms with Crippen LogP contribution in [0.15, 0.2) is 91.0 Å². The molecule has 0 spiro atoms. The molecule has 5 nitrogen and oxygen atoms in total. The SMILES string of the molecule is C#CC.Cc1cc(C(=O)N2CCC(c3nc4ccccc4n3Cc3cccc(F)c3)CC2)ccc1C(=N)Cc1ccc(F)cc1. The molecule has 0 radical (unpaired) electrons. The van der Waals surface area contributed by atoms with Crippen molar-refractivity contribution in [2.24, 2.45) is 0 Å². The maximum absolute atomic E-state index is 13.9. The minimum absolute atomic E-state index is 0.0126. The molecule has 1 aliphatic rings. The van der Waals surface area contributed by atoms with E-state index in [1.807, 2.05) is 48.2 Å². The van der Waals surface area contributed by atoms with E-state index in [2.05, 4.69) is 23.0 Å². The Kier molecular flexibility index (Phi) is 9.84. The molecule has 228 valence electrons. The van der Waals surface area contributed by atoms with Gasteiger partial charge in [-0.3, -0.25) is 4.79 Å². The minimum atomic E-state index is -0.295. The molecule has 45 heavy (non-hydrogen) atoms. The first-order chi connectivity index (χ1) is 21.8. The Morgan fingerprint density at radius 1 is 0.933 bits per heavy atom. The minimum Gasteiger partial charge on any atom is -0.339 e. The predicted octanol–water partition coefficient (Wildman–Crippen LogP) is 7.94. The van der Waals surface area contributed by atoms with Gasteiger partial charge < -0.3 is 14.9 Å². The molecule has 2 heterocycles. The number of likely N-dealkylation sites (tertiary alicyclic amines) is 1. The Labute approximate surface area is 263 Å². The van der Waals surface area contributed by atoms with Gasteiger partial charge in [0.1, 0.15) is 17.5 Å². The molecule has 0 saturated carbocycles. The van der Waals surface area contributed by atoms with Crippen molar-refractivity contribution in [2.45, 2.75) is 45.6 Å². The number of hydrogen-bond acceptors (Lipinski definition) is 3. The summed E-state index contributed by atoms with van der Waals surface area (Å²) in [6.07, 6.45) is 6.57. The molecule has 1 N–H and O–H groups in total. The summed E-state index contributed by atoms with van der Waals surface area (Å²) in [5, 5.41) is 8.56. The fourth-order valence-electron chi connectivity index (χ4n) is 5.95. The highest BCUT2D eigenvalue weighted by atomic mass is 19.1. The van der Waals surface area contributed by atoms with Crippen molar-refractivity contribution in [1.82, 2.24) is 14.5 Å². The van der Waals surface area contributed by atoms with Gasteiger partial charge in [-0.25, -0.2) is 13.8 Å². The van der Waals surface area contributed by atoms with Gasteiger partial charge in [0, 0.05) is 43.2 Å². The van der Waals surface area contributed by atoms with Gasteiger partial charge in [0.25, 0.3) is 5.91 Å². The maximum atomic E-state index is 13.9. The third-order valence-corrected chi connectivity index (χ3v) is 8.15. The molecule has 7 heteroatoms. The van der Waals surface area contributed by atoms with Gasteiger partial charge >= 0.3 is 0 Å². The van der Waals surface area contributed by atoms with Gasteiger partial charge in [0.2, 0.25) is 0 Å². The van der Waals surface area contributed by atoms with Crippen LogP contribution in [0.1, 0.15) is 64.1 Å². The fourth-order valence-corrected chi connectivity index (χ4v) is 5.95. The number of fused-ring (bicyclic) bond motifs is 1. The second-order valence-corrected chi connectivity index (χ2v) is 11.3. The van der Waals surface area contributed by atoms with Crippen LogP contribution in [0.3, 0.4) is 0 Å². The summed E-state index contributed by atoms with van der Waals surface area (Å²) in [7, 11) is 0. The summed E-state index contributed by atoms with van der Waals surface area (Å²) in [5.74, 6) is 2.86. The summed E-state index contributed by atoms with van der Waals surface area (Å²) in [5.41, 5.74) is 6.40. The highest BCUT2D eigenvalue weighted by Crippen LogP contribution is 2.32. The number of para-hydroxylation sites is 2. The highest BCUT2D eigenvalue weighted by Gasteiger charge is 2.28. The number of carbonyl (C=O) groups excluding carboxylic acids is 1. The van der Waals surface area contributed by atoms with Crippen LogP contribution in [0.4, 0.5) is 8.78 Å². The predicted molar refractivity (Wildman–Crippen MR) is 176 cm³/mol. The number of nitrogens with zero attached hydrogens (tertiary/aromatic N) is 3. The van der Waals surface area contributed by atoms with E-state index in [1.54, 1.807) is 37.3 Å². The van der Waals surface area contributed by atoms with E-state index in [4.69, 9.17) is 10.4 Å². The molecule has 1 aromatic heterocycles. The second-order valence-electron chi connectivity index (χ2n) is 11.3. The Balaban J connectivity index is 0.00000128. The first kappa shape index (κ1) is 31.3. The number of piperidine rings is 1. The van der Waals surface area contributed by atoms with Crippen molar-refractivity contribution in [2.75, 3.05) is 13.1 Å². The third kappa shape index (κ3) is 7.35. The Hall–Kier alpha value is -5.09. The molecule has 5 aromatic rings. The lowest BCUT2D eigenvalue weighted by molar-refractivity contribution is 0.0710. The van der Waals surface area contributed by atoms with Crippen LogP contribution in [0.25, 0.3) is 11.0 Å². The topological polar surface area (TPSA) is 62.0 Å². The molecule has 0 bridgehead atoms. The molecule has 6 rings (SSSR count). The van der Waals surface area contributed by atoms with Gasteiger partial charge in [0.05, 0.1) is 11.0 Å². The van der Waals surface area contributed by atoms with Gasteiger partial charge in [-0.2, -0.15) is 0 Å². The summed E-state index contributed by atoms with van der Waals surface area (Å²) in [6.45, 7) is 5.34. The zero-order valence-corrected chi connectivity index (χ0v) is 25.6. The molecule has 1 saturated heterocycles. The number of halogens is 2. The average molecular weight is 603 g/mol. The second kappa shape index (κ2) is 14.1. The van der Waals surface area contributed by atoms with E-state index in [0.717, 1.165) is 52.0 Å². The van der Waals surface area contributed by atoms with E-state index in [9.17, 15) is 13.6 Å². The van der Waals surface area contributed by atoms with E-state index < -0.39 is 0 Å². The van der Waals surface area contributed by atoms with Crippen LogP contribution in [-0.2, 0) is 13.0 Å². The van der Waals surface area contributed by atoms with Crippen LogP contribution < -0.4 is 0 Å². The number of aromatic nitrogens is 2.